The fourth-order valence-corrected chi connectivity index (χ4v) is 1.16. The molecule has 2 rings (SSSR count). The molecule has 0 bridgehead atoms. The Morgan fingerprint density at radius 2 is 2.50 bits per heavy atom. The second-order valence-electron chi connectivity index (χ2n) is 2.39. The van der Waals surface area contributed by atoms with E-state index in [0.29, 0.717) is 0 Å². The highest BCUT2D eigenvalue weighted by atomic mass is 14.9. The minimum absolute atomic E-state index is 0.842. The predicted molar refractivity (Wildman–Crippen MR) is 40.1 cm³/mol. The fourth-order valence-electron chi connectivity index (χ4n) is 1.16. The van der Waals surface area contributed by atoms with Gasteiger partial charge in [-0.05, 0) is 18.2 Å². The Morgan fingerprint density at radius 3 is 3.40 bits per heavy atom. The lowest BCUT2D eigenvalue weighted by Gasteiger charge is -2.17. The highest BCUT2D eigenvalue weighted by Crippen LogP contribution is 2.17. The van der Waals surface area contributed by atoms with E-state index in [-0.39, 0.29) is 0 Å². The van der Waals surface area contributed by atoms with Gasteiger partial charge in [-0.15, -0.1) is 0 Å². The quantitative estimate of drug-likeness (QED) is 0.521. The van der Waals surface area contributed by atoms with Crippen molar-refractivity contribution in [1.82, 2.24) is 10.6 Å². The SMILES string of the molecule is C1=CNC2=C[N]CC=C2C1. The molecule has 0 aromatic rings. The predicted octanol–water partition coefficient (Wildman–Crippen LogP) is 0.879. The van der Waals surface area contributed by atoms with E-state index in [0.717, 1.165) is 18.7 Å². The van der Waals surface area contributed by atoms with Crippen LogP contribution in [0.4, 0.5) is 0 Å². The van der Waals surface area contributed by atoms with Gasteiger partial charge in [0.05, 0.1) is 12.2 Å². The summed E-state index contributed by atoms with van der Waals surface area (Å²) in [4.78, 5) is 0. The number of nitrogens with one attached hydrogen (secondary N) is 1. The van der Waals surface area contributed by atoms with Crippen molar-refractivity contribution in [3.05, 3.63) is 35.8 Å². The minimum atomic E-state index is 0.842. The second kappa shape index (κ2) is 2.21. The smallest absolute Gasteiger partial charge is 0.0594 e. The van der Waals surface area contributed by atoms with Gasteiger partial charge in [0.1, 0.15) is 0 Å². The van der Waals surface area contributed by atoms with E-state index in [9.17, 15) is 0 Å². The van der Waals surface area contributed by atoms with Crippen LogP contribution < -0.4 is 10.6 Å². The lowest BCUT2D eigenvalue weighted by atomic mass is 10.1. The Hall–Kier alpha value is -1.18. The first-order valence-corrected chi connectivity index (χ1v) is 3.44. The molecule has 0 aliphatic carbocycles. The molecule has 0 aromatic heterocycles. The average Bonchev–Trinajstić information content (AvgIpc) is 2.05. The van der Waals surface area contributed by atoms with Crippen molar-refractivity contribution in [1.29, 1.82) is 0 Å². The maximum absolute atomic E-state index is 4.13. The average molecular weight is 133 g/mol. The third kappa shape index (κ3) is 0.817. The van der Waals surface area contributed by atoms with Crippen LogP contribution in [0.15, 0.2) is 35.8 Å². The highest BCUT2D eigenvalue weighted by Gasteiger charge is 2.08. The third-order valence-electron chi connectivity index (χ3n) is 1.70. The van der Waals surface area contributed by atoms with Gasteiger partial charge in [0, 0.05) is 6.20 Å². The molecule has 2 nitrogen and oxygen atoms in total. The van der Waals surface area contributed by atoms with Crippen molar-refractivity contribution in [2.24, 2.45) is 0 Å². The third-order valence-corrected chi connectivity index (χ3v) is 1.70. The Labute approximate surface area is 60.3 Å². The molecular weight excluding hydrogens is 124 g/mol. The largest absolute Gasteiger partial charge is 0.361 e. The standard InChI is InChI=1S/C8H9N2/c1-2-7-3-5-9-6-8(7)10-4-1/h1,3-4,6,10H,2,5H2. The first-order chi connectivity index (χ1) is 4.97. The summed E-state index contributed by atoms with van der Waals surface area (Å²) in [5, 5.41) is 7.27. The second-order valence-corrected chi connectivity index (χ2v) is 2.39. The number of hydrogen-bond acceptors (Lipinski definition) is 1. The van der Waals surface area contributed by atoms with E-state index in [1.807, 2.05) is 12.4 Å². The van der Waals surface area contributed by atoms with Crippen molar-refractivity contribution in [2.75, 3.05) is 6.54 Å². The molecule has 0 spiro atoms. The van der Waals surface area contributed by atoms with E-state index in [2.05, 4.69) is 22.8 Å². The molecule has 0 saturated carbocycles. The van der Waals surface area contributed by atoms with E-state index < -0.39 is 0 Å². The first-order valence-electron chi connectivity index (χ1n) is 3.44. The van der Waals surface area contributed by atoms with Crippen molar-refractivity contribution in [2.45, 2.75) is 6.42 Å². The summed E-state index contributed by atoms with van der Waals surface area (Å²) >= 11 is 0. The van der Waals surface area contributed by atoms with Gasteiger partial charge in [0.2, 0.25) is 0 Å². The molecule has 1 radical (unpaired) electrons. The summed E-state index contributed by atoms with van der Waals surface area (Å²) < 4.78 is 0. The Bertz CT molecular complexity index is 199. The molecule has 0 fully saturated rings. The Kier molecular flexibility index (Phi) is 1.24. The van der Waals surface area contributed by atoms with Crippen LogP contribution >= 0.6 is 0 Å². The molecule has 0 unspecified atom stereocenters. The van der Waals surface area contributed by atoms with Gasteiger partial charge in [-0.3, -0.25) is 5.32 Å². The Morgan fingerprint density at radius 1 is 1.50 bits per heavy atom. The maximum Gasteiger partial charge on any atom is 0.0594 e. The fraction of sp³-hybridized carbons (Fsp3) is 0.250. The molecule has 2 aliphatic rings. The van der Waals surface area contributed by atoms with Crippen LogP contribution in [0.1, 0.15) is 6.42 Å². The summed E-state index contributed by atoms with van der Waals surface area (Å²) in [6.45, 7) is 0.842. The normalized spacial score (nSPS) is 21.6. The molecule has 51 valence electrons. The first kappa shape index (κ1) is 5.59. The van der Waals surface area contributed by atoms with Crippen LogP contribution in [0, 0.1) is 0 Å². The van der Waals surface area contributed by atoms with Gasteiger partial charge in [-0.2, -0.15) is 0 Å². The zero-order valence-corrected chi connectivity index (χ0v) is 5.67. The molecule has 2 heterocycles. The molecule has 10 heavy (non-hydrogen) atoms. The van der Waals surface area contributed by atoms with Crippen LogP contribution in [0.5, 0.6) is 0 Å². The summed E-state index contributed by atoms with van der Waals surface area (Å²) in [5.41, 5.74) is 2.53. The van der Waals surface area contributed by atoms with Gasteiger partial charge in [0.25, 0.3) is 0 Å². The molecule has 0 aromatic carbocycles. The molecule has 0 atom stereocenters. The van der Waals surface area contributed by atoms with Crippen molar-refractivity contribution < 1.29 is 0 Å². The van der Waals surface area contributed by atoms with Crippen molar-refractivity contribution in [3.63, 3.8) is 0 Å². The zero-order valence-electron chi connectivity index (χ0n) is 5.67. The van der Waals surface area contributed by atoms with Crippen molar-refractivity contribution in [3.8, 4) is 0 Å². The van der Waals surface area contributed by atoms with Crippen LogP contribution in [0.3, 0.4) is 0 Å². The number of allylic oxidation sites excluding steroid dienone is 2. The molecule has 2 aliphatic heterocycles. The summed E-state index contributed by atoms with van der Waals surface area (Å²) in [6.07, 6.45) is 9.19. The van der Waals surface area contributed by atoms with Crippen LogP contribution in [0.25, 0.3) is 0 Å². The topological polar surface area (TPSA) is 26.1 Å². The van der Waals surface area contributed by atoms with Gasteiger partial charge in [-0.1, -0.05) is 12.2 Å². The molecule has 0 saturated heterocycles. The molecular formula is C8H9N2. The maximum atomic E-state index is 4.13. The lowest BCUT2D eigenvalue weighted by molar-refractivity contribution is 0.852. The highest BCUT2D eigenvalue weighted by molar-refractivity contribution is 5.37. The molecule has 0 amide bonds. The lowest BCUT2D eigenvalue weighted by Crippen LogP contribution is -2.18. The Balaban J connectivity index is 2.30. The summed E-state index contributed by atoms with van der Waals surface area (Å²) in [6, 6.07) is 0. The number of rotatable bonds is 0. The number of hydrogen-bond donors (Lipinski definition) is 1. The van der Waals surface area contributed by atoms with Gasteiger partial charge < -0.3 is 5.32 Å². The van der Waals surface area contributed by atoms with Crippen LogP contribution in [-0.4, -0.2) is 6.54 Å². The summed E-state index contributed by atoms with van der Waals surface area (Å²) in [5.74, 6) is 0. The van der Waals surface area contributed by atoms with Crippen LogP contribution in [-0.2, 0) is 0 Å². The monoisotopic (exact) mass is 133 g/mol. The van der Waals surface area contributed by atoms with Crippen molar-refractivity contribution >= 4 is 0 Å². The van der Waals surface area contributed by atoms with E-state index >= 15 is 0 Å². The van der Waals surface area contributed by atoms with E-state index in [1.54, 1.807) is 0 Å². The zero-order chi connectivity index (χ0) is 6.81. The number of fused-ring (bicyclic) bond motifs is 1. The van der Waals surface area contributed by atoms with Gasteiger partial charge >= 0.3 is 0 Å². The summed E-state index contributed by atoms with van der Waals surface area (Å²) in [7, 11) is 0. The minimum Gasteiger partial charge on any atom is -0.361 e. The molecule has 2 heteroatoms. The van der Waals surface area contributed by atoms with Gasteiger partial charge in [0.15, 0.2) is 0 Å². The number of nitrogens with zero attached hydrogens (tertiary/aromatic N) is 1. The molecule has 1 N–H and O–H groups in total. The van der Waals surface area contributed by atoms with Crippen LogP contribution in [0.2, 0.25) is 0 Å². The van der Waals surface area contributed by atoms with E-state index in [4.69, 9.17) is 0 Å². The van der Waals surface area contributed by atoms with Gasteiger partial charge in [-0.25, -0.2) is 0 Å². The van der Waals surface area contributed by atoms with E-state index in [1.165, 1.54) is 5.57 Å².